The summed E-state index contributed by atoms with van der Waals surface area (Å²) in [6, 6.07) is 8.14. The van der Waals surface area contributed by atoms with Crippen LogP contribution in [0.15, 0.2) is 34.2 Å². The molecule has 0 fully saturated rings. The molecule has 78 valence electrons. The number of anilines is 1. The summed E-state index contributed by atoms with van der Waals surface area (Å²) in [5, 5.41) is 0. The number of nitrogens with zero attached hydrogens (tertiary/aromatic N) is 2. The molecule has 0 saturated carbocycles. The molecular formula is C11H12N2OS. The van der Waals surface area contributed by atoms with Gasteiger partial charge in [-0.25, -0.2) is 0 Å². The molecule has 1 heterocycles. The maximum Gasteiger partial charge on any atom is 0.244 e. The van der Waals surface area contributed by atoms with Crippen molar-refractivity contribution in [3.63, 3.8) is 0 Å². The molecule has 0 aromatic heterocycles. The number of hydrogen-bond acceptors (Lipinski definition) is 2. The molecule has 1 aliphatic rings. The summed E-state index contributed by atoms with van der Waals surface area (Å²) >= 11 is 1.72. The van der Waals surface area contributed by atoms with Crippen LogP contribution in [0.4, 0.5) is 5.69 Å². The van der Waals surface area contributed by atoms with Crippen molar-refractivity contribution >= 4 is 29.2 Å². The van der Waals surface area contributed by atoms with Gasteiger partial charge in [0.1, 0.15) is 5.84 Å². The highest BCUT2D eigenvalue weighted by atomic mass is 32.2. The number of hydrogen-bond donors (Lipinski definition) is 0. The van der Waals surface area contributed by atoms with Gasteiger partial charge >= 0.3 is 0 Å². The van der Waals surface area contributed by atoms with Gasteiger partial charge in [-0.1, -0.05) is 12.1 Å². The number of amidine groups is 1. The molecule has 0 N–H and O–H groups in total. The van der Waals surface area contributed by atoms with E-state index >= 15 is 0 Å². The summed E-state index contributed by atoms with van der Waals surface area (Å²) in [5.41, 5.74) is 1.12. The molecule has 0 spiro atoms. The molecule has 2 rings (SSSR count). The van der Waals surface area contributed by atoms with E-state index in [0.29, 0.717) is 0 Å². The van der Waals surface area contributed by atoms with Gasteiger partial charge in [0, 0.05) is 18.9 Å². The van der Waals surface area contributed by atoms with E-state index in [9.17, 15) is 4.79 Å². The number of rotatable bonds is 0. The molecule has 1 aliphatic heterocycles. The topological polar surface area (TPSA) is 32.7 Å². The lowest BCUT2D eigenvalue weighted by molar-refractivity contribution is -0.115. The first kappa shape index (κ1) is 10.2. The normalized spacial score (nSPS) is 17.7. The highest BCUT2D eigenvalue weighted by Gasteiger charge is 2.19. The van der Waals surface area contributed by atoms with Crippen molar-refractivity contribution in [3.8, 4) is 0 Å². The highest BCUT2D eigenvalue weighted by Crippen LogP contribution is 2.34. The standard InChI is InChI=1S/C11H12N2OS/c1-8(14)12-11-7-15-10-6-4-3-5-9(10)13(11)2/h3-6H,7H2,1-2H3. The minimum Gasteiger partial charge on any atom is -0.331 e. The van der Waals surface area contributed by atoms with E-state index in [-0.39, 0.29) is 5.91 Å². The zero-order chi connectivity index (χ0) is 10.8. The second-order valence-corrected chi connectivity index (χ2v) is 4.38. The molecule has 4 heteroatoms. The predicted molar refractivity (Wildman–Crippen MR) is 63.7 cm³/mol. The number of thioether (sulfide) groups is 1. The average molecular weight is 220 g/mol. The first-order chi connectivity index (χ1) is 7.18. The molecule has 15 heavy (non-hydrogen) atoms. The second-order valence-electron chi connectivity index (χ2n) is 3.36. The van der Waals surface area contributed by atoms with Crippen LogP contribution in [0.1, 0.15) is 6.92 Å². The molecule has 0 unspecified atom stereocenters. The van der Waals surface area contributed by atoms with Crippen LogP contribution in [0.25, 0.3) is 0 Å². The third-order valence-corrected chi connectivity index (χ3v) is 3.32. The summed E-state index contributed by atoms with van der Waals surface area (Å²) < 4.78 is 0. The van der Waals surface area contributed by atoms with Crippen LogP contribution in [0, 0.1) is 0 Å². The van der Waals surface area contributed by atoms with Crippen LogP contribution in [-0.2, 0) is 4.79 Å². The number of carbonyl (C=O) groups excluding carboxylic acids is 1. The Hall–Kier alpha value is -1.29. The smallest absolute Gasteiger partial charge is 0.244 e. The second kappa shape index (κ2) is 4.06. The molecular weight excluding hydrogens is 208 g/mol. The monoisotopic (exact) mass is 220 g/mol. The van der Waals surface area contributed by atoms with Gasteiger partial charge < -0.3 is 4.90 Å². The van der Waals surface area contributed by atoms with Crippen molar-refractivity contribution in [2.24, 2.45) is 4.99 Å². The van der Waals surface area contributed by atoms with E-state index in [4.69, 9.17) is 0 Å². The first-order valence-electron chi connectivity index (χ1n) is 4.72. The average Bonchev–Trinajstić information content (AvgIpc) is 2.22. The van der Waals surface area contributed by atoms with Crippen molar-refractivity contribution in [1.29, 1.82) is 0 Å². The minimum atomic E-state index is -0.142. The first-order valence-corrected chi connectivity index (χ1v) is 5.71. The summed E-state index contributed by atoms with van der Waals surface area (Å²) in [4.78, 5) is 18.2. The third-order valence-electron chi connectivity index (χ3n) is 2.26. The molecule has 0 saturated heterocycles. The molecule has 1 aromatic rings. The Bertz CT molecular complexity index is 428. The van der Waals surface area contributed by atoms with Crippen molar-refractivity contribution in [3.05, 3.63) is 24.3 Å². The van der Waals surface area contributed by atoms with Crippen LogP contribution in [0.3, 0.4) is 0 Å². The Morgan fingerprint density at radius 2 is 2.20 bits per heavy atom. The Labute approximate surface area is 93.2 Å². The summed E-state index contributed by atoms with van der Waals surface area (Å²) in [6.45, 7) is 1.48. The van der Waals surface area contributed by atoms with E-state index in [1.165, 1.54) is 11.8 Å². The zero-order valence-corrected chi connectivity index (χ0v) is 9.54. The van der Waals surface area contributed by atoms with Gasteiger partial charge in [0.05, 0.1) is 11.4 Å². The molecule has 3 nitrogen and oxygen atoms in total. The van der Waals surface area contributed by atoms with Gasteiger partial charge in [-0.3, -0.25) is 4.79 Å². The summed E-state index contributed by atoms with van der Waals surface area (Å²) in [5.74, 6) is 1.44. The quantitative estimate of drug-likeness (QED) is 0.671. The largest absolute Gasteiger partial charge is 0.331 e. The number of benzene rings is 1. The number of fused-ring (bicyclic) bond motifs is 1. The summed E-state index contributed by atoms with van der Waals surface area (Å²) in [6.07, 6.45) is 0. The van der Waals surface area contributed by atoms with Crippen molar-refractivity contribution in [1.82, 2.24) is 0 Å². The lowest BCUT2D eigenvalue weighted by atomic mass is 10.3. The number of aliphatic imine (C=N–C) groups is 1. The van der Waals surface area contributed by atoms with Gasteiger partial charge in [0.15, 0.2) is 0 Å². The maximum atomic E-state index is 10.9. The molecule has 0 bridgehead atoms. The molecule has 0 aliphatic carbocycles. The number of carbonyl (C=O) groups is 1. The van der Waals surface area contributed by atoms with Crippen LogP contribution < -0.4 is 4.90 Å². The Morgan fingerprint density at radius 1 is 1.47 bits per heavy atom. The fourth-order valence-corrected chi connectivity index (χ4v) is 2.59. The zero-order valence-electron chi connectivity index (χ0n) is 8.73. The lowest BCUT2D eigenvalue weighted by Gasteiger charge is -2.27. The molecule has 1 aromatic carbocycles. The molecule has 1 amide bonds. The number of amides is 1. The van der Waals surface area contributed by atoms with Crippen molar-refractivity contribution < 1.29 is 4.79 Å². The Kier molecular flexibility index (Phi) is 2.77. The van der Waals surface area contributed by atoms with Crippen LogP contribution in [0.2, 0.25) is 0 Å². The predicted octanol–water partition coefficient (Wildman–Crippen LogP) is 2.17. The third kappa shape index (κ3) is 2.04. The van der Waals surface area contributed by atoms with Gasteiger partial charge in [0.2, 0.25) is 5.91 Å². The van der Waals surface area contributed by atoms with E-state index in [1.807, 2.05) is 30.1 Å². The van der Waals surface area contributed by atoms with E-state index in [1.54, 1.807) is 11.8 Å². The van der Waals surface area contributed by atoms with E-state index in [0.717, 1.165) is 17.3 Å². The highest BCUT2D eigenvalue weighted by molar-refractivity contribution is 8.00. The van der Waals surface area contributed by atoms with E-state index < -0.39 is 0 Å². The Balaban J connectivity index is 2.38. The fraction of sp³-hybridized carbons (Fsp3) is 0.273. The van der Waals surface area contributed by atoms with Gasteiger partial charge in [0.25, 0.3) is 0 Å². The van der Waals surface area contributed by atoms with Crippen molar-refractivity contribution in [2.45, 2.75) is 11.8 Å². The van der Waals surface area contributed by atoms with Gasteiger partial charge in [-0.15, -0.1) is 11.8 Å². The van der Waals surface area contributed by atoms with Crippen LogP contribution in [0.5, 0.6) is 0 Å². The fourth-order valence-electron chi connectivity index (χ4n) is 1.52. The van der Waals surface area contributed by atoms with Crippen molar-refractivity contribution in [2.75, 3.05) is 17.7 Å². The lowest BCUT2D eigenvalue weighted by Crippen LogP contribution is -2.32. The summed E-state index contributed by atoms with van der Waals surface area (Å²) in [7, 11) is 1.94. The molecule has 0 atom stereocenters. The van der Waals surface area contributed by atoms with Crippen LogP contribution >= 0.6 is 11.8 Å². The molecule has 0 radical (unpaired) electrons. The number of para-hydroxylation sites is 1. The van der Waals surface area contributed by atoms with E-state index in [2.05, 4.69) is 11.1 Å². The SMILES string of the molecule is CC(=O)N=C1CSc2ccccc2N1C. The minimum absolute atomic E-state index is 0.142. The van der Waals surface area contributed by atoms with Gasteiger partial charge in [-0.05, 0) is 12.1 Å². The van der Waals surface area contributed by atoms with Gasteiger partial charge in [-0.2, -0.15) is 4.99 Å². The maximum absolute atomic E-state index is 10.9. The Morgan fingerprint density at radius 3 is 2.93 bits per heavy atom. The van der Waals surface area contributed by atoms with Crippen LogP contribution in [-0.4, -0.2) is 24.5 Å².